The van der Waals surface area contributed by atoms with E-state index in [1.165, 1.54) is 0 Å². The van der Waals surface area contributed by atoms with Gasteiger partial charge in [-0.15, -0.1) is 0 Å². The summed E-state index contributed by atoms with van der Waals surface area (Å²) in [5.74, 6) is 0.359. The predicted octanol–water partition coefficient (Wildman–Crippen LogP) is 4.34. The van der Waals surface area contributed by atoms with Crippen LogP contribution < -0.4 is 15.7 Å². The van der Waals surface area contributed by atoms with Crippen LogP contribution in [-0.2, 0) is 13.0 Å². The van der Waals surface area contributed by atoms with E-state index in [2.05, 4.69) is 5.32 Å². The zero-order valence-electron chi connectivity index (χ0n) is 16.3. The molecule has 1 N–H and O–H groups in total. The molecule has 0 spiro atoms. The van der Waals surface area contributed by atoms with E-state index in [0.29, 0.717) is 30.5 Å². The minimum atomic E-state index is -0.633. The maximum absolute atomic E-state index is 12.4. The third-order valence-corrected chi connectivity index (χ3v) is 4.76. The molecule has 150 valence electrons. The normalized spacial score (nSPS) is 10.7. The van der Waals surface area contributed by atoms with E-state index in [9.17, 15) is 9.59 Å². The molecule has 4 rings (SSSR count). The smallest absolute Gasteiger partial charge is 0.349 e. The molecule has 5 heteroatoms. The molecule has 3 aromatic carbocycles. The Morgan fingerprint density at radius 1 is 0.867 bits per heavy atom. The van der Waals surface area contributed by atoms with Crippen LogP contribution in [0.15, 0.2) is 94.1 Å². The van der Waals surface area contributed by atoms with Gasteiger partial charge in [-0.25, -0.2) is 4.79 Å². The van der Waals surface area contributed by atoms with Gasteiger partial charge in [-0.3, -0.25) is 4.79 Å². The van der Waals surface area contributed by atoms with E-state index in [1.54, 1.807) is 24.3 Å². The number of fused-ring (bicyclic) bond motifs is 1. The molecule has 0 unspecified atom stereocenters. The average Bonchev–Trinajstić information content (AvgIpc) is 2.78. The number of carbonyl (C=O) groups is 1. The molecule has 0 radical (unpaired) electrons. The Hall–Kier alpha value is -3.86. The number of hydrogen-bond acceptors (Lipinski definition) is 4. The molecule has 0 saturated heterocycles. The number of carbonyl (C=O) groups excluding carboxylic acids is 1. The fourth-order valence-electron chi connectivity index (χ4n) is 3.13. The van der Waals surface area contributed by atoms with Gasteiger partial charge in [0.2, 0.25) is 0 Å². The molecule has 0 atom stereocenters. The Labute approximate surface area is 173 Å². The van der Waals surface area contributed by atoms with Crippen molar-refractivity contribution >= 4 is 16.9 Å². The Balaban J connectivity index is 1.30. The second kappa shape index (κ2) is 9.09. The Morgan fingerprint density at radius 2 is 1.60 bits per heavy atom. The van der Waals surface area contributed by atoms with Gasteiger partial charge in [0.05, 0.1) is 0 Å². The Bertz CT molecular complexity index is 1200. The van der Waals surface area contributed by atoms with Crippen molar-refractivity contribution < 1.29 is 13.9 Å². The molecule has 0 aliphatic carbocycles. The van der Waals surface area contributed by atoms with Crippen molar-refractivity contribution in [3.63, 3.8) is 0 Å². The number of benzene rings is 3. The van der Waals surface area contributed by atoms with Crippen LogP contribution in [0.3, 0.4) is 0 Å². The van der Waals surface area contributed by atoms with E-state index in [0.717, 1.165) is 16.9 Å². The van der Waals surface area contributed by atoms with Crippen LogP contribution in [0.25, 0.3) is 11.0 Å². The highest BCUT2D eigenvalue weighted by Crippen LogP contribution is 2.15. The predicted molar refractivity (Wildman–Crippen MR) is 116 cm³/mol. The van der Waals surface area contributed by atoms with Crippen molar-refractivity contribution in [3.05, 3.63) is 112 Å². The number of amides is 1. The van der Waals surface area contributed by atoms with Crippen molar-refractivity contribution in [2.45, 2.75) is 13.0 Å². The first-order valence-electron chi connectivity index (χ1n) is 9.76. The third-order valence-electron chi connectivity index (χ3n) is 4.76. The van der Waals surface area contributed by atoms with Crippen molar-refractivity contribution in [1.29, 1.82) is 0 Å². The molecule has 1 heterocycles. The SMILES string of the molecule is O=C(NCCc1ccc(OCc2ccccc2)cc1)c1cc2ccccc2oc1=O. The summed E-state index contributed by atoms with van der Waals surface area (Å²) < 4.78 is 11.0. The number of rotatable bonds is 7. The van der Waals surface area contributed by atoms with Gasteiger partial charge in [0.25, 0.3) is 5.91 Å². The summed E-state index contributed by atoms with van der Waals surface area (Å²) in [4.78, 5) is 24.5. The summed E-state index contributed by atoms with van der Waals surface area (Å²) in [6.45, 7) is 0.930. The molecular formula is C25H21NO4. The minimum absolute atomic E-state index is 0.0124. The van der Waals surface area contributed by atoms with Gasteiger partial charge in [-0.1, -0.05) is 60.7 Å². The van der Waals surface area contributed by atoms with Gasteiger partial charge in [0.1, 0.15) is 23.5 Å². The summed E-state index contributed by atoms with van der Waals surface area (Å²) in [5, 5.41) is 3.50. The maximum atomic E-state index is 12.4. The number of hydrogen-bond donors (Lipinski definition) is 1. The van der Waals surface area contributed by atoms with Gasteiger partial charge in [-0.2, -0.15) is 0 Å². The van der Waals surface area contributed by atoms with Crippen LogP contribution in [0.1, 0.15) is 21.5 Å². The van der Waals surface area contributed by atoms with Gasteiger partial charge < -0.3 is 14.5 Å². The Morgan fingerprint density at radius 3 is 2.40 bits per heavy atom. The molecule has 0 fully saturated rings. The van der Waals surface area contributed by atoms with Crippen molar-refractivity contribution in [1.82, 2.24) is 5.32 Å². The summed E-state index contributed by atoms with van der Waals surface area (Å²) in [5.41, 5.74) is 2.02. The zero-order valence-corrected chi connectivity index (χ0v) is 16.3. The molecule has 0 saturated carbocycles. The summed E-state index contributed by atoms with van der Waals surface area (Å²) in [7, 11) is 0. The second-order valence-corrected chi connectivity index (χ2v) is 6.91. The van der Waals surface area contributed by atoms with E-state index in [-0.39, 0.29) is 5.56 Å². The van der Waals surface area contributed by atoms with Crippen molar-refractivity contribution in [3.8, 4) is 5.75 Å². The first kappa shape index (κ1) is 19.5. The van der Waals surface area contributed by atoms with Crippen molar-refractivity contribution in [2.75, 3.05) is 6.54 Å². The van der Waals surface area contributed by atoms with Gasteiger partial charge >= 0.3 is 5.63 Å². The van der Waals surface area contributed by atoms with Crippen LogP contribution in [0.2, 0.25) is 0 Å². The fourth-order valence-corrected chi connectivity index (χ4v) is 3.13. The quantitative estimate of drug-likeness (QED) is 0.469. The van der Waals surface area contributed by atoms with Crippen molar-refractivity contribution in [2.24, 2.45) is 0 Å². The van der Waals surface area contributed by atoms with Crippen LogP contribution >= 0.6 is 0 Å². The van der Waals surface area contributed by atoms with Gasteiger partial charge in [0.15, 0.2) is 0 Å². The molecule has 1 aromatic heterocycles. The van der Waals surface area contributed by atoms with Gasteiger partial charge in [0, 0.05) is 11.9 Å². The third kappa shape index (κ3) is 4.75. The molecule has 0 bridgehead atoms. The topological polar surface area (TPSA) is 68.5 Å². The highest BCUT2D eigenvalue weighted by atomic mass is 16.5. The summed E-state index contributed by atoms with van der Waals surface area (Å²) >= 11 is 0. The summed E-state index contributed by atoms with van der Waals surface area (Å²) in [6.07, 6.45) is 0.642. The molecular weight excluding hydrogens is 378 g/mol. The minimum Gasteiger partial charge on any atom is -0.489 e. The fraction of sp³-hybridized carbons (Fsp3) is 0.120. The van der Waals surface area contributed by atoms with Crippen LogP contribution in [0.5, 0.6) is 5.75 Å². The molecule has 0 aliphatic rings. The number of ether oxygens (including phenoxy) is 1. The highest BCUT2D eigenvalue weighted by molar-refractivity contribution is 5.96. The van der Waals surface area contributed by atoms with Crippen LogP contribution in [-0.4, -0.2) is 12.5 Å². The first-order chi connectivity index (χ1) is 14.7. The highest BCUT2D eigenvalue weighted by Gasteiger charge is 2.13. The second-order valence-electron chi connectivity index (χ2n) is 6.91. The zero-order chi connectivity index (χ0) is 20.8. The van der Waals surface area contributed by atoms with Crippen LogP contribution in [0, 0.1) is 0 Å². The van der Waals surface area contributed by atoms with E-state index in [1.807, 2.05) is 60.7 Å². The largest absolute Gasteiger partial charge is 0.489 e. The first-order valence-corrected chi connectivity index (χ1v) is 9.76. The lowest BCUT2D eigenvalue weighted by Gasteiger charge is -2.08. The summed E-state index contributed by atoms with van der Waals surface area (Å²) in [6, 6.07) is 26.4. The standard InChI is InChI=1S/C25H21NO4/c27-24(22-16-20-8-4-5-9-23(20)30-25(22)28)26-15-14-18-10-12-21(13-11-18)29-17-19-6-2-1-3-7-19/h1-13,16H,14-15,17H2,(H,26,27). The van der Waals surface area contributed by atoms with Gasteiger partial charge in [-0.05, 0) is 41.8 Å². The number of nitrogens with one attached hydrogen (secondary N) is 1. The molecule has 1 amide bonds. The number of para-hydroxylation sites is 1. The molecule has 5 nitrogen and oxygen atoms in total. The monoisotopic (exact) mass is 399 g/mol. The lowest BCUT2D eigenvalue weighted by molar-refractivity contribution is 0.0950. The average molecular weight is 399 g/mol. The van der Waals surface area contributed by atoms with E-state index >= 15 is 0 Å². The van der Waals surface area contributed by atoms with E-state index in [4.69, 9.17) is 9.15 Å². The Kier molecular flexibility index (Phi) is 5.90. The maximum Gasteiger partial charge on any atom is 0.349 e. The van der Waals surface area contributed by atoms with E-state index < -0.39 is 11.5 Å². The lowest BCUT2D eigenvalue weighted by Crippen LogP contribution is -2.29. The lowest BCUT2D eigenvalue weighted by atomic mass is 10.1. The molecule has 4 aromatic rings. The van der Waals surface area contributed by atoms with Crippen LogP contribution in [0.4, 0.5) is 0 Å². The molecule has 0 aliphatic heterocycles. The molecule has 30 heavy (non-hydrogen) atoms.